The quantitative estimate of drug-likeness (QED) is 0.666. The Morgan fingerprint density at radius 1 is 1.19 bits per heavy atom. The van der Waals surface area contributed by atoms with E-state index in [4.69, 9.17) is 0 Å². The lowest BCUT2D eigenvalue weighted by atomic mass is 10.1. The summed E-state index contributed by atoms with van der Waals surface area (Å²) < 4.78 is 0.762. The molecule has 2 rings (SSSR count). The van der Waals surface area contributed by atoms with Crippen molar-refractivity contribution in [3.63, 3.8) is 0 Å². The minimum Gasteiger partial charge on any atom is -0.321 e. The number of rotatable bonds is 3. The fraction of sp³-hybridized carbons (Fsp3) is 0.133. The normalized spacial score (nSPS) is 10.2. The van der Waals surface area contributed by atoms with Crippen LogP contribution in [0.25, 0.3) is 0 Å². The molecule has 0 saturated carbocycles. The monoisotopic (exact) mass is 348 g/mol. The van der Waals surface area contributed by atoms with Gasteiger partial charge in [0.05, 0.1) is 10.6 Å². The lowest BCUT2D eigenvalue weighted by Crippen LogP contribution is -2.12. The maximum Gasteiger partial charge on any atom is 0.273 e. The van der Waals surface area contributed by atoms with Crippen molar-refractivity contribution in [2.24, 2.45) is 0 Å². The van der Waals surface area contributed by atoms with Crippen LogP contribution in [-0.4, -0.2) is 10.8 Å². The maximum absolute atomic E-state index is 12.2. The SMILES string of the molecule is Cc1ccc(NC(=O)c2ccc(C)c([N+](=O)[O-])c2)c(Br)c1. The third-order valence-electron chi connectivity index (χ3n) is 3.04. The van der Waals surface area contributed by atoms with E-state index in [1.54, 1.807) is 25.1 Å². The van der Waals surface area contributed by atoms with Crippen LogP contribution in [0.2, 0.25) is 0 Å². The Labute approximate surface area is 130 Å². The first-order chi connectivity index (χ1) is 9.88. The molecule has 0 radical (unpaired) electrons. The third kappa shape index (κ3) is 3.46. The summed E-state index contributed by atoms with van der Waals surface area (Å²) in [7, 11) is 0. The van der Waals surface area contributed by atoms with Gasteiger partial charge in [-0.05, 0) is 53.5 Å². The molecule has 1 amide bonds. The first kappa shape index (κ1) is 15.2. The van der Waals surface area contributed by atoms with Crippen molar-refractivity contribution in [3.05, 3.63) is 67.7 Å². The van der Waals surface area contributed by atoms with Gasteiger partial charge in [0.15, 0.2) is 0 Å². The highest BCUT2D eigenvalue weighted by Crippen LogP contribution is 2.25. The van der Waals surface area contributed by atoms with Crippen LogP contribution in [0.4, 0.5) is 11.4 Å². The maximum atomic E-state index is 12.2. The van der Waals surface area contributed by atoms with Crippen molar-refractivity contribution in [3.8, 4) is 0 Å². The van der Waals surface area contributed by atoms with E-state index in [-0.39, 0.29) is 17.2 Å². The molecular formula is C15H13BrN2O3. The zero-order chi connectivity index (χ0) is 15.6. The van der Waals surface area contributed by atoms with Crippen LogP contribution >= 0.6 is 15.9 Å². The van der Waals surface area contributed by atoms with Crippen LogP contribution in [0.5, 0.6) is 0 Å². The Balaban J connectivity index is 2.28. The second kappa shape index (κ2) is 6.05. The summed E-state index contributed by atoms with van der Waals surface area (Å²) in [6.07, 6.45) is 0. The summed E-state index contributed by atoms with van der Waals surface area (Å²) in [5.74, 6) is -0.386. The molecule has 108 valence electrons. The molecule has 5 nitrogen and oxygen atoms in total. The van der Waals surface area contributed by atoms with Gasteiger partial charge in [0, 0.05) is 21.7 Å². The van der Waals surface area contributed by atoms with Crippen LogP contribution in [0, 0.1) is 24.0 Å². The summed E-state index contributed by atoms with van der Waals surface area (Å²) >= 11 is 3.37. The number of nitrogens with zero attached hydrogens (tertiary/aromatic N) is 1. The minimum absolute atomic E-state index is 0.0642. The van der Waals surface area contributed by atoms with Crippen molar-refractivity contribution in [2.45, 2.75) is 13.8 Å². The summed E-state index contributed by atoms with van der Waals surface area (Å²) in [5, 5.41) is 13.6. The molecule has 0 aromatic heterocycles. The van der Waals surface area contributed by atoms with Crippen LogP contribution in [0.15, 0.2) is 40.9 Å². The number of halogens is 1. The number of carbonyl (C=O) groups excluding carboxylic acids is 1. The molecule has 6 heteroatoms. The Kier molecular flexibility index (Phi) is 4.37. The van der Waals surface area contributed by atoms with E-state index in [2.05, 4.69) is 21.2 Å². The number of benzene rings is 2. The van der Waals surface area contributed by atoms with E-state index in [0.717, 1.165) is 10.0 Å². The van der Waals surface area contributed by atoms with Gasteiger partial charge in [-0.15, -0.1) is 0 Å². The number of amides is 1. The van der Waals surface area contributed by atoms with Crippen molar-refractivity contribution in [2.75, 3.05) is 5.32 Å². The molecule has 0 atom stereocenters. The van der Waals surface area contributed by atoms with E-state index in [1.807, 2.05) is 19.1 Å². The number of aryl methyl sites for hydroxylation is 2. The second-order valence-electron chi connectivity index (χ2n) is 4.70. The second-order valence-corrected chi connectivity index (χ2v) is 5.55. The predicted molar refractivity (Wildman–Crippen MR) is 84.7 cm³/mol. The molecule has 0 aliphatic carbocycles. The molecule has 0 bridgehead atoms. The van der Waals surface area contributed by atoms with E-state index in [1.165, 1.54) is 6.07 Å². The highest BCUT2D eigenvalue weighted by atomic mass is 79.9. The molecule has 0 aliphatic rings. The molecular weight excluding hydrogens is 336 g/mol. The van der Waals surface area contributed by atoms with Crippen LogP contribution < -0.4 is 5.32 Å². The molecule has 2 aromatic carbocycles. The highest BCUT2D eigenvalue weighted by Gasteiger charge is 2.15. The van der Waals surface area contributed by atoms with E-state index in [0.29, 0.717) is 11.3 Å². The Bertz CT molecular complexity index is 729. The summed E-state index contributed by atoms with van der Waals surface area (Å²) in [5.41, 5.74) is 2.39. The van der Waals surface area contributed by atoms with Crippen molar-refractivity contribution in [1.82, 2.24) is 0 Å². The smallest absolute Gasteiger partial charge is 0.273 e. The van der Waals surface area contributed by atoms with Crippen LogP contribution in [0.1, 0.15) is 21.5 Å². The molecule has 0 heterocycles. The Morgan fingerprint density at radius 2 is 1.90 bits per heavy atom. The van der Waals surface area contributed by atoms with Crippen LogP contribution in [-0.2, 0) is 0 Å². The fourth-order valence-electron chi connectivity index (χ4n) is 1.86. The number of hydrogen-bond donors (Lipinski definition) is 1. The van der Waals surface area contributed by atoms with Gasteiger partial charge in [0.25, 0.3) is 11.6 Å². The van der Waals surface area contributed by atoms with Gasteiger partial charge < -0.3 is 5.32 Å². The predicted octanol–water partition coefficient (Wildman–Crippen LogP) is 4.23. The molecule has 0 fully saturated rings. The lowest BCUT2D eigenvalue weighted by molar-refractivity contribution is -0.385. The third-order valence-corrected chi connectivity index (χ3v) is 3.70. The molecule has 0 unspecified atom stereocenters. The van der Waals surface area contributed by atoms with Gasteiger partial charge in [-0.25, -0.2) is 0 Å². The molecule has 2 aromatic rings. The molecule has 0 saturated heterocycles. The van der Waals surface area contributed by atoms with Crippen LogP contribution in [0.3, 0.4) is 0 Å². The fourth-order valence-corrected chi connectivity index (χ4v) is 2.46. The zero-order valence-electron chi connectivity index (χ0n) is 11.5. The first-order valence-electron chi connectivity index (χ1n) is 6.21. The average Bonchev–Trinajstić information content (AvgIpc) is 2.42. The van der Waals surface area contributed by atoms with Gasteiger partial charge in [-0.1, -0.05) is 12.1 Å². The Hall–Kier alpha value is -2.21. The molecule has 1 N–H and O–H groups in total. The van der Waals surface area contributed by atoms with Gasteiger partial charge in [0.2, 0.25) is 0 Å². The number of anilines is 1. The summed E-state index contributed by atoms with van der Waals surface area (Å²) in [6.45, 7) is 3.58. The average molecular weight is 349 g/mol. The van der Waals surface area contributed by atoms with Gasteiger partial charge in [0.1, 0.15) is 0 Å². The lowest BCUT2D eigenvalue weighted by Gasteiger charge is -2.08. The standard InChI is InChI=1S/C15H13BrN2O3/c1-9-3-6-13(12(16)7-9)17-15(19)11-5-4-10(2)14(8-11)18(20)21/h3-8H,1-2H3,(H,17,19). The number of hydrogen-bond acceptors (Lipinski definition) is 3. The Morgan fingerprint density at radius 3 is 2.52 bits per heavy atom. The molecule has 0 spiro atoms. The number of carbonyl (C=O) groups is 1. The topological polar surface area (TPSA) is 72.2 Å². The number of nitro groups is 1. The number of nitro benzene ring substituents is 1. The van der Waals surface area contributed by atoms with Gasteiger partial charge >= 0.3 is 0 Å². The molecule has 0 aliphatic heterocycles. The van der Waals surface area contributed by atoms with E-state index in [9.17, 15) is 14.9 Å². The van der Waals surface area contributed by atoms with E-state index >= 15 is 0 Å². The van der Waals surface area contributed by atoms with E-state index < -0.39 is 4.92 Å². The summed E-state index contributed by atoms with van der Waals surface area (Å²) in [4.78, 5) is 22.6. The van der Waals surface area contributed by atoms with Crippen molar-refractivity contribution < 1.29 is 9.72 Å². The zero-order valence-corrected chi connectivity index (χ0v) is 13.1. The largest absolute Gasteiger partial charge is 0.321 e. The summed E-state index contributed by atoms with van der Waals surface area (Å²) in [6, 6.07) is 9.95. The minimum atomic E-state index is -0.492. The van der Waals surface area contributed by atoms with Gasteiger partial charge in [-0.2, -0.15) is 0 Å². The molecule has 21 heavy (non-hydrogen) atoms. The van der Waals surface area contributed by atoms with Crippen molar-refractivity contribution >= 4 is 33.2 Å². The van der Waals surface area contributed by atoms with Gasteiger partial charge in [-0.3, -0.25) is 14.9 Å². The number of nitrogens with one attached hydrogen (secondary N) is 1. The highest BCUT2D eigenvalue weighted by molar-refractivity contribution is 9.10. The van der Waals surface area contributed by atoms with Crippen molar-refractivity contribution in [1.29, 1.82) is 0 Å². The first-order valence-corrected chi connectivity index (χ1v) is 7.00.